The Bertz CT molecular complexity index is 557. The second kappa shape index (κ2) is 9.22. The van der Waals surface area contributed by atoms with E-state index in [-0.39, 0.29) is 18.4 Å². The van der Waals surface area contributed by atoms with E-state index in [2.05, 4.69) is 15.6 Å². The number of nitrogens with one attached hydrogen (secondary N) is 2. The SMILES string of the molecule is CNc1cccc(CCCNC(=O)C2CCN(CC(=O)O)CC2)n1. The number of anilines is 1. The predicted octanol–water partition coefficient (Wildman–Crippen LogP) is 0.969. The number of nitrogens with zero attached hydrogens (tertiary/aromatic N) is 2. The van der Waals surface area contributed by atoms with Crippen LogP contribution >= 0.6 is 0 Å². The second-order valence-corrected chi connectivity index (χ2v) is 6.10. The summed E-state index contributed by atoms with van der Waals surface area (Å²) in [6, 6.07) is 5.88. The highest BCUT2D eigenvalue weighted by molar-refractivity contribution is 5.78. The van der Waals surface area contributed by atoms with Crippen LogP contribution in [0.3, 0.4) is 0 Å². The lowest BCUT2D eigenvalue weighted by Gasteiger charge is -2.29. The summed E-state index contributed by atoms with van der Waals surface area (Å²) in [7, 11) is 1.84. The summed E-state index contributed by atoms with van der Waals surface area (Å²) in [4.78, 5) is 29.2. The average Bonchev–Trinajstić information content (AvgIpc) is 2.59. The molecule has 0 radical (unpaired) electrons. The number of carboxylic acid groups (broad SMARTS) is 1. The highest BCUT2D eigenvalue weighted by Gasteiger charge is 2.25. The smallest absolute Gasteiger partial charge is 0.317 e. The Labute approximate surface area is 142 Å². The Kier molecular flexibility index (Phi) is 6.99. The Hall–Kier alpha value is -2.15. The third kappa shape index (κ3) is 5.81. The summed E-state index contributed by atoms with van der Waals surface area (Å²) in [5, 5.41) is 14.8. The van der Waals surface area contributed by atoms with Gasteiger partial charge in [0.05, 0.1) is 6.54 Å². The first-order valence-corrected chi connectivity index (χ1v) is 8.44. The summed E-state index contributed by atoms with van der Waals surface area (Å²) in [5.74, 6) is 0.126. The fourth-order valence-electron chi connectivity index (χ4n) is 2.93. The van der Waals surface area contributed by atoms with E-state index in [0.29, 0.717) is 19.6 Å². The van der Waals surface area contributed by atoms with Crippen molar-refractivity contribution in [3.8, 4) is 0 Å². The van der Waals surface area contributed by atoms with Crippen LogP contribution in [-0.2, 0) is 16.0 Å². The molecule has 0 bridgehead atoms. The zero-order chi connectivity index (χ0) is 17.4. The molecule has 7 heteroatoms. The normalized spacial score (nSPS) is 15.9. The van der Waals surface area contributed by atoms with E-state index in [0.717, 1.165) is 37.2 Å². The van der Waals surface area contributed by atoms with Crippen molar-refractivity contribution in [2.45, 2.75) is 25.7 Å². The number of likely N-dealkylation sites (tertiary alicyclic amines) is 1. The number of carbonyl (C=O) groups is 2. The van der Waals surface area contributed by atoms with Crippen molar-refractivity contribution < 1.29 is 14.7 Å². The Morgan fingerprint density at radius 1 is 1.33 bits per heavy atom. The molecular weight excluding hydrogens is 308 g/mol. The van der Waals surface area contributed by atoms with E-state index in [4.69, 9.17) is 5.11 Å². The van der Waals surface area contributed by atoms with Crippen LogP contribution in [0.2, 0.25) is 0 Å². The van der Waals surface area contributed by atoms with Crippen LogP contribution in [0.1, 0.15) is 25.0 Å². The van der Waals surface area contributed by atoms with Gasteiger partial charge in [0.2, 0.25) is 5.91 Å². The molecule has 1 aromatic heterocycles. The van der Waals surface area contributed by atoms with Crippen LogP contribution < -0.4 is 10.6 Å². The lowest BCUT2D eigenvalue weighted by atomic mass is 9.96. The molecule has 2 rings (SSSR count). The Morgan fingerprint density at radius 2 is 2.08 bits per heavy atom. The number of carboxylic acids is 1. The molecule has 1 aliphatic heterocycles. The van der Waals surface area contributed by atoms with Gasteiger partial charge in [-0.3, -0.25) is 14.5 Å². The molecular formula is C17H26N4O3. The number of carbonyl (C=O) groups excluding carboxylic acids is 1. The minimum atomic E-state index is -0.811. The molecule has 3 N–H and O–H groups in total. The van der Waals surface area contributed by atoms with Gasteiger partial charge in [-0.1, -0.05) is 6.07 Å². The quantitative estimate of drug-likeness (QED) is 0.613. The van der Waals surface area contributed by atoms with Crippen LogP contribution in [0.15, 0.2) is 18.2 Å². The summed E-state index contributed by atoms with van der Waals surface area (Å²) in [5.41, 5.74) is 1.01. The van der Waals surface area contributed by atoms with Crippen molar-refractivity contribution in [1.29, 1.82) is 0 Å². The van der Waals surface area contributed by atoms with Crippen LogP contribution in [0, 0.1) is 5.92 Å². The first-order valence-electron chi connectivity index (χ1n) is 8.44. The number of hydrogen-bond acceptors (Lipinski definition) is 5. The molecule has 0 aromatic carbocycles. The van der Waals surface area contributed by atoms with Gasteiger partial charge < -0.3 is 15.7 Å². The monoisotopic (exact) mass is 334 g/mol. The molecule has 0 unspecified atom stereocenters. The number of rotatable bonds is 8. The molecule has 7 nitrogen and oxygen atoms in total. The topological polar surface area (TPSA) is 94.6 Å². The van der Waals surface area contributed by atoms with Gasteiger partial charge in [0.15, 0.2) is 0 Å². The number of aryl methyl sites for hydroxylation is 1. The summed E-state index contributed by atoms with van der Waals surface area (Å²) >= 11 is 0. The lowest BCUT2D eigenvalue weighted by molar-refractivity contribution is -0.138. The zero-order valence-corrected chi connectivity index (χ0v) is 14.1. The van der Waals surface area contributed by atoms with E-state index in [1.807, 2.05) is 30.1 Å². The highest BCUT2D eigenvalue weighted by atomic mass is 16.4. The second-order valence-electron chi connectivity index (χ2n) is 6.10. The molecule has 1 fully saturated rings. The fourth-order valence-corrected chi connectivity index (χ4v) is 2.93. The molecule has 1 aromatic rings. The van der Waals surface area contributed by atoms with Gasteiger partial charge in [-0.15, -0.1) is 0 Å². The molecule has 132 valence electrons. The largest absolute Gasteiger partial charge is 0.480 e. The maximum Gasteiger partial charge on any atom is 0.317 e. The van der Waals surface area contributed by atoms with E-state index >= 15 is 0 Å². The standard InChI is InChI=1S/C17H26N4O3/c1-18-15-6-2-4-14(20-15)5-3-9-19-17(24)13-7-10-21(11-8-13)12-16(22)23/h2,4,6,13H,3,5,7-12H2,1H3,(H,18,20)(H,19,24)(H,22,23). The average molecular weight is 334 g/mol. The van der Waals surface area contributed by atoms with Crippen molar-refractivity contribution in [3.63, 3.8) is 0 Å². The number of amides is 1. The van der Waals surface area contributed by atoms with Gasteiger partial charge in [-0.25, -0.2) is 4.98 Å². The van der Waals surface area contributed by atoms with Crippen molar-refractivity contribution in [1.82, 2.24) is 15.2 Å². The molecule has 1 saturated heterocycles. The van der Waals surface area contributed by atoms with E-state index < -0.39 is 5.97 Å². The highest BCUT2D eigenvalue weighted by Crippen LogP contribution is 2.17. The molecule has 0 atom stereocenters. The van der Waals surface area contributed by atoms with Crippen LogP contribution in [-0.4, -0.2) is 60.1 Å². The van der Waals surface area contributed by atoms with Gasteiger partial charge in [-0.2, -0.15) is 0 Å². The lowest BCUT2D eigenvalue weighted by Crippen LogP contribution is -2.42. The molecule has 0 spiro atoms. The van der Waals surface area contributed by atoms with Crippen LogP contribution in [0.4, 0.5) is 5.82 Å². The van der Waals surface area contributed by atoms with Gasteiger partial charge in [0.25, 0.3) is 0 Å². The third-order valence-electron chi connectivity index (χ3n) is 4.29. The van der Waals surface area contributed by atoms with Crippen LogP contribution in [0.5, 0.6) is 0 Å². The van der Waals surface area contributed by atoms with Crippen molar-refractivity contribution in [2.75, 3.05) is 38.5 Å². The van der Waals surface area contributed by atoms with E-state index in [9.17, 15) is 9.59 Å². The minimum absolute atomic E-state index is 0.000731. The zero-order valence-electron chi connectivity index (χ0n) is 14.1. The van der Waals surface area contributed by atoms with Crippen molar-refractivity contribution in [2.24, 2.45) is 5.92 Å². The Balaban J connectivity index is 1.64. The maximum absolute atomic E-state index is 12.2. The van der Waals surface area contributed by atoms with E-state index in [1.54, 1.807) is 0 Å². The minimum Gasteiger partial charge on any atom is -0.480 e. The first-order chi connectivity index (χ1) is 11.6. The van der Waals surface area contributed by atoms with Crippen molar-refractivity contribution >= 4 is 17.7 Å². The molecule has 0 aliphatic carbocycles. The fraction of sp³-hybridized carbons (Fsp3) is 0.588. The van der Waals surface area contributed by atoms with E-state index in [1.165, 1.54) is 0 Å². The number of pyridine rings is 1. The number of aliphatic carboxylic acids is 1. The maximum atomic E-state index is 12.2. The number of aromatic nitrogens is 1. The summed E-state index contributed by atoms with van der Waals surface area (Å²) in [6.07, 6.45) is 3.13. The Morgan fingerprint density at radius 3 is 2.75 bits per heavy atom. The predicted molar refractivity (Wildman–Crippen MR) is 91.9 cm³/mol. The molecule has 2 heterocycles. The molecule has 1 amide bonds. The van der Waals surface area contributed by atoms with Gasteiger partial charge in [-0.05, 0) is 50.9 Å². The molecule has 24 heavy (non-hydrogen) atoms. The molecule has 0 saturated carbocycles. The van der Waals surface area contributed by atoms with Crippen molar-refractivity contribution in [3.05, 3.63) is 23.9 Å². The first kappa shape index (κ1) is 18.2. The van der Waals surface area contributed by atoms with Gasteiger partial charge >= 0.3 is 5.97 Å². The van der Waals surface area contributed by atoms with Gasteiger partial charge in [0.1, 0.15) is 5.82 Å². The number of piperidine rings is 1. The summed E-state index contributed by atoms with van der Waals surface area (Å²) < 4.78 is 0. The van der Waals surface area contributed by atoms with Crippen LogP contribution in [0.25, 0.3) is 0 Å². The molecule has 1 aliphatic rings. The van der Waals surface area contributed by atoms with Gasteiger partial charge in [0, 0.05) is 25.2 Å². The number of hydrogen-bond donors (Lipinski definition) is 3. The third-order valence-corrected chi connectivity index (χ3v) is 4.29. The summed E-state index contributed by atoms with van der Waals surface area (Å²) in [6.45, 7) is 2.04.